The minimum absolute atomic E-state index is 0.145. The second kappa shape index (κ2) is 8.22. The van der Waals surface area contributed by atoms with Gasteiger partial charge in [0.25, 0.3) is 0 Å². The summed E-state index contributed by atoms with van der Waals surface area (Å²) in [6, 6.07) is 3.85. The molecule has 1 aliphatic carbocycles. The molecule has 2 rings (SSSR count). The van der Waals surface area contributed by atoms with E-state index >= 15 is 0 Å². The van der Waals surface area contributed by atoms with Crippen LogP contribution in [0, 0.1) is 17.6 Å². The second-order valence-electron chi connectivity index (χ2n) is 6.22. The van der Waals surface area contributed by atoms with Crippen molar-refractivity contribution < 1.29 is 13.6 Å². The van der Waals surface area contributed by atoms with Gasteiger partial charge < -0.3 is 5.73 Å². The number of amides is 1. The lowest BCUT2D eigenvalue weighted by atomic mass is 9.87. The van der Waals surface area contributed by atoms with Gasteiger partial charge in [-0.25, -0.2) is 8.78 Å². The van der Waals surface area contributed by atoms with Crippen LogP contribution in [0.25, 0.3) is 0 Å². The van der Waals surface area contributed by atoms with Crippen molar-refractivity contribution in [2.24, 2.45) is 11.7 Å². The Morgan fingerprint density at radius 3 is 2.55 bits per heavy atom. The number of carbonyl (C=O) groups excluding carboxylic acids is 1. The van der Waals surface area contributed by atoms with Crippen LogP contribution in [0.1, 0.15) is 44.1 Å². The van der Waals surface area contributed by atoms with Crippen molar-refractivity contribution in [3.63, 3.8) is 0 Å². The number of nitrogens with zero attached hydrogens (tertiary/aromatic N) is 1. The van der Waals surface area contributed by atoms with E-state index < -0.39 is 17.5 Å². The summed E-state index contributed by atoms with van der Waals surface area (Å²) in [5.74, 6) is -1.41. The molecule has 0 heterocycles. The molecular weight excluding hydrogens is 286 g/mol. The van der Waals surface area contributed by atoms with Gasteiger partial charge in [-0.1, -0.05) is 38.2 Å². The maximum absolute atomic E-state index is 13.3. The van der Waals surface area contributed by atoms with E-state index in [9.17, 15) is 13.6 Å². The third-order valence-electron chi connectivity index (χ3n) is 4.35. The Morgan fingerprint density at radius 1 is 1.18 bits per heavy atom. The molecule has 1 aliphatic rings. The van der Waals surface area contributed by atoms with Gasteiger partial charge in [0.1, 0.15) is 0 Å². The molecule has 2 N–H and O–H groups in total. The van der Waals surface area contributed by atoms with Crippen LogP contribution in [0.15, 0.2) is 18.2 Å². The van der Waals surface area contributed by atoms with E-state index in [0.717, 1.165) is 19.0 Å². The Hall–Kier alpha value is -1.49. The number of carbonyl (C=O) groups is 1. The van der Waals surface area contributed by atoms with Crippen LogP contribution < -0.4 is 5.73 Å². The highest BCUT2D eigenvalue weighted by atomic mass is 19.2. The molecule has 0 atom stereocenters. The minimum atomic E-state index is -0.858. The van der Waals surface area contributed by atoms with Crippen LogP contribution in [0.3, 0.4) is 0 Å². The van der Waals surface area contributed by atoms with Crippen LogP contribution in [0.5, 0.6) is 0 Å². The number of hydrogen-bond donors (Lipinski definition) is 1. The van der Waals surface area contributed by atoms with Crippen molar-refractivity contribution in [1.82, 2.24) is 4.90 Å². The lowest BCUT2D eigenvalue weighted by Gasteiger charge is -2.26. The molecule has 1 aromatic carbocycles. The molecular formula is C17H24F2N2O. The highest BCUT2D eigenvalue weighted by Gasteiger charge is 2.16. The maximum atomic E-state index is 13.3. The van der Waals surface area contributed by atoms with Crippen LogP contribution in [-0.2, 0) is 11.3 Å². The highest BCUT2D eigenvalue weighted by Crippen LogP contribution is 2.26. The summed E-state index contributed by atoms with van der Waals surface area (Å²) >= 11 is 0. The second-order valence-corrected chi connectivity index (χ2v) is 6.22. The molecule has 1 amide bonds. The van der Waals surface area contributed by atoms with Gasteiger partial charge in [0.15, 0.2) is 11.6 Å². The average molecular weight is 310 g/mol. The van der Waals surface area contributed by atoms with Crippen molar-refractivity contribution in [2.75, 3.05) is 13.1 Å². The number of primary amides is 1. The van der Waals surface area contributed by atoms with E-state index in [4.69, 9.17) is 5.73 Å². The van der Waals surface area contributed by atoms with Gasteiger partial charge in [0.2, 0.25) is 5.91 Å². The largest absolute Gasteiger partial charge is 0.369 e. The molecule has 0 saturated heterocycles. The first-order valence-electron chi connectivity index (χ1n) is 7.99. The fourth-order valence-electron chi connectivity index (χ4n) is 3.17. The van der Waals surface area contributed by atoms with Crippen molar-refractivity contribution in [3.05, 3.63) is 35.4 Å². The standard InChI is InChI=1S/C17H24F2N2O/c18-15-7-6-14(10-16(15)19)11-21(12-17(20)22)9-8-13-4-2-1-3-5-13/h6-7,10,13H,1-5,8-9,11-12H2,(H2,20,22). The normalized spacial score (nSPS) is 16.1. The molecule has 0 spiro atoms. The van der Waals surface area contributed by atoms with Gasteiger partial charge in [0, 0.05) is 6.54 Å². The lowest BCUT2D eigenvalue weighted by molar-refractivity contribution is -0.119. The van der Waals surface area contributed by atoms with Gasteiger partial charge in [-0.15, -0.1) is 0 Å². The number of benzene rings is 1. The predicted octanol–water partition coefficient (Wildman–Crippen LogP) is 3.22. The molecule has 0 bridgehead atoms. The quantitative estimate of drug-likeness (QED) is 0.840. The van der Waals surface area contributed by atoms with E-state index in [0.29, 0.717) is 18.0 Å². The molecule has 3 nitrogen and oxygen atoms in total. The fraction of sp³-hybridized carbons (Fsp3) is 0.588. The van der Waals surface area contributed by atoms with E-state index in [1.165, 1.54) is 38.2 Å². The van der Waals surface area contributed by atoms with E-state index in [2.05, 4.69) is 0 Å². The number of halogens is 2. The summed E-state index contributed by atoms with van der Waals surface area (Å²) in [6.45, 7) is 1.31. The van der Waals surface area contributed by atoms with Gasteiger partial charge in [0.05, 0.1) is 6.54 Å². The zero-order chi connectivity index (χ0) is 15.9. The molecule has 5 heteroatoms. The monoisotopic (exact) mass is 310 g/mol. The zero-order valence-electron chi connectivity index (χ0n) is 12.9. The SMILES string of the molecule is NC(=O)CN(CCC1CCCCC1)Cc1ccc(F)c(F)c1. The molecule has 1 fully saturated rings. The molecule has 0 aromatic heterocycles. The van der Waals surface area contributed by atoms with Crippen molar-refractivity contribution in [3.8, 4) is 0 Å². The third-order valence-corrected chi connectivity index (χ3v) is 4.35. The number of hydrogen-bond acceptors (Lipinski definition) is 2. The summed E-state index contributed by atoms with van der Waals surface area (Å²) < 4.78 is 26.3. The van der Waals surface area contributed by atoms with Crippen molar-refractivity contribution in [1.29, 1.82) is 0 Å². The summed E-state index contributed by atoms with van der Waals surface area (Å²) in [5.41, 5.74) is 5.95. The zero-order valence-corrected chi connectivity index (χ0v) is 12.9. The fourth-order valence-corrected chi connectivity index (χ4v) is 3.17. The molecule has 1 aromatic rings. The first-order chi connectivity index (χ1) is 10.5. The minimum Gasteiger partial charge on any atom is -0.369 e. The maximum Gasteiger partial charge on any atom is 0.231 e. The Kier molecular flexibility index (Phi) is 6.31. The summed E-state index contributed by atoms with van der Waals surface area (Å²) in [5, 5.41) is 0. The summed E-state index contributed by atoms with van der Waals surface area (Å²) in [6.07, 6.45) is 7.39. The van der Waals surface area contributed by atoms with Gasteiger partial charge >= 0.3 is 0 Å². The van der Waals surface area contributed by atoms with Crippen LogP contribution >= 0.6 is 0 Å². The van der Waals surface area contributed by atoms with E-state index in [1.807, 2.05) is 4.90 Å². The Labute approximate surface area is 130 Å². The highest BCUT2D eigenvalue weighted by molar-refractivity contribution is 5.75. The molecule has 122 valence electrons. The van der Waals surface area contributed by atoms with Crippen molar-refractivity contribution in [2.45, 2.75) is 45.1 Å². The van der Waals surface area contributed by atoms with Crippen LogP contribution in [0.2, 0.25) is 0 Å². The number of nitrogens with two attached hydrogens (primary N) is 1. The first kappa shape index (κ1) is 16.9. The average Bonchev–Trinajstić information content (AvgIpc) is 2.49. The van der Waals surface area contributed by atoms with Crippen LogP contribution in [-0.4, -0.2) is 23.9 Å². The smallest absolute Gasteiger partial charge is 0.231 e. The Morgan fingerprint density at radius 2 is 1.91 bits per heavy atom. The van der Waals surface area contributed by atoms with Crippen molar-refractivity contribution >= 4 is 5.91 Å². The van der Waals surface area contributed by atoms with Gasteiger partial charge in [-0.2, -0.15) is 0 Å². The molecule has 0 unspecified atom stereocenters. The van der Waals surface area contributed by atoms with E-state index in [-0.39, 0.29) is 6.54 Å². The lowest BCUT2D eigenvalue weighted by Crippen LogP contribution is -2.35. The predicted molar refractivity (Wildman–Crippen MR) is 82.0 cm³/mol. The summed E-state index contributed by atoms with van der Waals surface area (Å²) in [7, 11) is 0. The van der Waals surface area contributed by atoms with Gasteiger partial charge in [-0.05, 0) is 36.6 Å². The molecule has 0 aliphatic heterocycles. The number of rotatable bonds is 7. The van der Waals surface area contributed by atoms with E-state index in [1.54, 1.807) is 6.07 Å². The first-order valence-corrected chi connectivity index (χ1v) is 7.99. The third kappa shape index (κ3) is 5.37. The topological polar surface area (TPSA) is 46.3 Å². The Balaban J connectivity index is 1.92. The van der Waals surface area contributed by atoms with Gasteiger partial charge in [-0.3, -0.25) is 9.69 Å². The molecule has 22 heavy (non-hydrogen) atoms. The molecule has 1 saturated carbocycles. The van der Waals surface area contributed by atoms with Crippen LogP contribution in [0.4, 0.5) is 8.78 Å². The molecule has 0 radical (unpaired) electrons. The Bertz CT molecular complexity index is 501. The summed E-state index contributed by atoms with van der Waals surface area (Å²) in [4.78, 5) is 13.1.